The summed E-state index contributed by atoms with van der Waals surface area (Å²) in [6, 6.07) is 11.4. The van der Waals surface area contributed by atoms with Gasteiger partial charge in [-0.1, -0.05) is 23.7 Å². The number of fused-ring (bicyclic) bond motifs is 2. The molecule has 0 radical (unpaired) electrons. The van der Waals surface area contributed by atoms with E-state index < -0.39 is 0 Å². The average Bonchev–Trinajstić information content (AvgIpc) is 3.24. The molecule has 1 N–H and O–H groups in total. The first-order valence-electron chi connectivity index (χ1n) is 7.58. The van der Waals surface area contributed by atoms with Crippen LogP contribution in [0, 0.1) is 0 Å². The van der Waals surface area contributed by atoms with Crippen molar-refractivity contribution in [3.05, 3.63) is 58.1 Å². The Hall–Kier alpha value is -2.57. The Morgan fingerprint density at radius 1 is 1.32 bits per heavy atom. The van der Waals surface area contributed by atoms with Gasteiger partial charge < -0.3 is 14.8 Å². The zero-order valence-corrected chi connectivity index (χ0v) is 14.6. The van der Waals surface area contributed by atoms with Gasteiger partial charge >= 0.3 is 0 Å². The normalized spacial score (nSPS) is 12.8. The molecule has 0 spiro atoms. The first-order chi connectivity index (χ1) is 12.2. The molecule has 2 aromatic carbocycles. The Kier molecular flexibility index (Phi) is 4.29. The molecule has 1 amide bonds. The van der Waals surface area contributed by atoms with E-state index in [9.17, 15) is 4.79 Å². The summed E-state index contributed by atoms with van der Waals surface area (Å²) in [7, 11) is 0. The molecule has 0 saturated carbocycles. The van der Waals surface area contributed by atoms with E-state index in [1.807, 2.05) is 24.3 Å². The number of ether oxygens (including phenoxy) is 2. The van der Waals surface area contributed by atoms with E-state index in [2.05, 4.69) is 10.3 Å². The van der Waals surface area contributed by atoms with Crippen molar-refractivity contribution in [3.8, 4) is 11.5 Å². The van der Waals surface area contributed by atoms with Crippen molar-refractivity contribution in [2.75, 3.05) is 6.79 Å². The van der Waals surface area contributed by atoms with Crippen LogP contribution in [0.3, 0.4) is 0 Å². The van der Waals surface area contributed by atoms with Gasteiger partial charge in [-0.3, -0.25) is 4.79 Å². The highest BCUT2D eigenvalue weighted by atomic mass is 35.5. The summed E-state index contributed by atoms with van der Waals surface area (Å²) >= 11 is 7.70. The average molecular weight is 373 g/mol. The second kappa shape index (κ2) is 6.74. The van der Waals surface area contributed by atoms with E-state index in [1.54, 1.807) is 29.5 Å². The molecule has 0 bridgehead atoms. The van der Waals surface area contributed by atoms with Crippen LogP contribution >= 0.6 is 22.9 Å². The van der Waals surface area contributed by atoms with Crippen molar-refractivity contribution < 1.29 is 14.3 Å². The summed E-state index contributed by atoms with van der Waals surface area (Å²) in [5.74, 6) is 0.925. The Bertz CT molecular complexity index is 951. The summed E-state index contributed by atoms with van der Waals surface area (Å²) in [6.07, 6.45) is 3.14. The van der Waals surface area contributed by atoms with E-state index in [4.69, 9.17) is 21.1 Å². The number of amides is 1. The third-order valence-corrected chi connectivity index (χ3v) is 4.95. The van der Waals surface area contributed by atoms with Crippen molar-refractivity contribution in [1.82, 2.24) is 10.3 Å². The number of carbonyl (C=O) groups excluding carboxylic acids is 1. The highest BCUT2D eigenvalue weighted by molar-refractivity contribution is 7.18. The Labute approximate surface area is 152 Å². The molecular formula is C18H13ClN2O3S. The maximum atomic E-state index is 12.0. The fourth-order valence-electron chi connectivity index (χ4n) is 2.47. The molecule has 25 heavy (non-hydrogen) atoms. The van der Waals surface area contributed by atoms with Gasteiger partial charge in [-0.15, -0.1) is 11.3 Å². The van der Waals surface area contributed by atoms with Crippen LogP contribution in [0.5, 0.6) is 11.5 Å². The van der Waals surface area contributed by atoms with Crippen LogP contribution in [0.4, 0.5) is 0 Å². The lowest BCUT2D eigenvalue weighted by Gasteiger charge is -2.01. The minimum atomic E-state index is -0.201. The molecule has 0 fully saturated rings. The van der Waals surface area contributed by atoms with Crippen LogP contribution < -0.4 is 14.8 Å². The second-order valence-corrected chi connectivity index (χ2v) is 6.89. The van der Waals surface area contributed by atoms with Crippen LogP contribution in [-0.4, -0.2) is 17.7 Å². The van der Waals surface area contributed by atoms with Gasteiger partial charge in [-0.05, 0) is 35.9 Å². The van der Waals surface area contributed by atoms with Crippen molar-refractivity contribution in [3.63, 3.8) is 0 Å². The largest absolute Gasteiger partial charge is 0.454 e. The molecule has 1 aromatic heterocycles. The number of carbonyl (C=O) groups is 1. The number of benzene rings is 2. The zero-order chi connectivity index (χ0) is 17.2. The predicted molar refractivity (Wildman–Crippen MR) is 98.1 cm³/mol. The van der Waals surface area contributed by atoms with Gasteiger partial charge in [0.1, 0.15) is 5.01 Å². The molecule has 1 aliphatic rings. The molecule has 0 unspecified atom stereocenters. The van der Waals surface area contributed by atoms with Crippen LogP contribution in [0.1, 0.15) is 10.6 Å². The lowest BCUT2D eigenvalue weighted by Crippen LogP contribution is -2.19. The van der Waals surface area contributed by atoms with Crippen LogP contribution in [0.2, 0.25) is 5.02 Å². The molecule has 0 atom stereocenters. The highest BCUT2D eigenvalue weighted by Crippen LogP contribution is 2.40. The number of aromatic nitrogens is 1. The van der Waals surface area contributed by atoms with E-state index >= 15 is 0 Å². The Morgan fingerprint density at radius 3 is 3.08 bits per heavy atom. The van der Waals surface area contributed by atoms with E-state index in [0.717, 1.165) is 20.8 Å². The molecule has 126 valence electrons. The summed E-state index contributed by atoms with van der Waals surface area (Å²) in [5.41, 5.74) is 1.71. The molecule has 5 nitrogen and oxygen atoms in total. The summed E-state index contributed by atoms with van der Waals surface area (Å²) in [6.45, 7) is 0.551. The number of para-hydroxylation sites is 1. The van der Waals surface area contributed by atoms with Gasteiger partial charge in [-0.2, -0.15) is 0 Å². The van der Waals surface area contributed by atoms with E-state index in [1.165, 1.54) is 6.08 Å². The maximum Gasteiger partial charge on any atom is 0.244 e. The lowest BCUT2D eigenvalue weighted by atomic mass is 10.2. The van der Waals surface area contributed by atoms with Gasteiger partial charge in [0.15, 0.2) is 11.5 Å². The first kappa shape index (κ1) is 15.9. The van der Waals surface area contributed by atoms with Gasteiger partial charge in [-0.25, -0.2) is 4.98 Å². The fraction of sp³-hybridized carbons (Fsp3) is 0.111. The third-order valence-electron chi connectivity index (χ3n) is 3.63. The van der Waals surface area contributed by atoms with Crippen LogP contribution in [0.15, 0.2) is 42.5 Å². The number of hydrogen-bond acceptors (Lipinski definition) is 5. The highest BCUT2D eigenvalue weighted by Gasteiger charge is 2.17. The summed E-state index contributed by atoms with van der Waals surface area (Å²) < 4.78 is 11.7. The minimum Gasteiger partial charge on any atom is -0.454 e. The summed E-state index contributed by atoms with van der Waals surface area (Å²) in [4.78, 5) is 16.5. The summed E-state index contributed by atoms with van der Waals surface area (Å²) in [5, 5.41) is 4.16. The molecule has 1 aliphatic heterocycles. The number of rotatable bonds is 4. The molecule has 0 saturated heterocycles. The number of thiazole rings is 1. The smallest absolute Gasteiger partial charge is 0.244 e. The number of nitrogens with one attached hydrogen (secondary N) is 1. The van der Waals surface area contributed by atoms with Gasteiger partial charge in [0, 0.05) is 6.08 Å². The van der Waals surface area contributed by atoms with Gasteiger partial charge in [0.25, 0.3) is 0 Å². The fourth-order valence-corrected chi connectivity index (χ4v) is 3.65. The number of nitrogens with zero attached hydrogens (tertiary/aromatic N) is 1. The monoisotopic (exact) mass is 372 g/mol. The van der Waals surface area contributed by atoms with Crippen molar-refractivity contribution in [2.24, 2.45) is 0 Å². The van der Waals surface area contributed by atoms with Crippen LogP contribution in [0.25, 0.3) is 16.3 Å². The van der Waals surface area contributed by atoms with Crippen molar-refractivity contribution >= 4 is 45.1 Å². The van der Waals surface area contributed by atoms with E-state index in [0.29, 0.717) is 23.1 Å². The second-order valence-electron chi connectivity index (χ2n) is 5.36. The number of halogens is 1. The molecule has 0 aliphatic carbocycles. The molecule has 7 heteroatoms. The molecule has 2 heterocycles. The first-order valence-corrected chi connectivity index (χ1v) is 8.78. The standard InChI is InChI=1S/C18H13ClN2O3S/c19-12-7-11(8-14-18(12)24-10-23-14)5-6-16(22)20-9-17-21-13-3-1-2-4-15(13)25-17/h1-8H,9-10H2,(H,20,22)/b6-5+. The topological polar surface area (TPSA) is 60.5 Å². The number of hydrogen-bond donors (Lipinski definition) is 1. The van der Waals surface area contributed by atoms with E-state index in [-0.39, 0.29) is 12.7 Å². The van der Waals surface area contributed by atoms with Crippen LogP contribution in [-0.2, 0) is 11.3 Å². The Morgan fingerprint density at radius 2 is 2.20 bits per heavy atom. The predicted octanol–water partition coefficient (Wildman–Crippen LogP) is 4.01. The quantitative estimate of drug-likeness (QED) is 0.703. The SMILES string of the molecule is O=C(/C=C/c1cc(Cl)c2c(c1)OCO2)NCc1nc2ccccc2s1. The molecule has 4 rings (SSSR count). The maximum absolute atomic E-state index is 12.0. The zero-order valence-electron chi connectivity index (χ0n) is 13.0. The third kappa shape index (κ3) is 3.45. The molecular weight excluding hydrogens is 360 g/mol. The lowest BCUT2D eigenvalue weighted by molar-refractivity contribution is -0.116. The van der Waals surface area contributed by atoms with Crippen molar-refractivity contribution in [1.29, 1.82) is 0 Å². The van der Waals surface area contributed by atoms with Gasteiger partial charge in [0.05, 0.1) is 21.8 Å². The minimum absolute atomic E-state index is 0.158. The Balaban J connectivity index is 1.40. The van der Waals surface area contributed by atoms with Crippen molar-refractivity contribution in [2.45, 2.75) is 6.54 Å². The van der Waals surface area contributed by atoms with Gasteiger partial charge in [0.2, 0.25) is 12.7 Å². The molecule has 3 aromatic rings.